The number of halogens is 1. The highest BCUT2D eigenvalue weighted by Crippen LogP contribution is 2.23. The molecule has 4 rings (SSSR count). The molecule has 1 fully saturated rings. The molecule has 0 radical (unpaired) electrons. The van der Waals surface area contributed by atoms with E-state index in [0.29, 0.717) is 16.2 Å². The van der Waals surface area contributed by atoms with Crippen molar-refractivity contribution in [2.45, 2.75) is 0 Å². The highest BCUT2D eigenvalue weighted by Gasteiger charge is 2.35. The number of carbonyl (C=O) groups excluding carboxylic acids is 3. The fourth-order valence-corrected chi connectivity index (χ4v) is 3.07. The van der Waals surface area contributed by atoms with Crippen LogP contribution in [0.2, 0.25) is 0 Å². The van der Waals surface area contributed by atoms with Crippen LogP contribution in [0.15, 0.2) is 72.6 Å². The van der Waals surface area contributed by atoms with Crippen LogP contribution in [0.4, 0.5) is 20.6 Å². The van der Waals surface area contributed by atoms with Crippen LogP contribution in [-0.4, -0.2) is 39.2 Å². The summed E-state index contributed by atoms with van der Waals surface area (Å²) in [4.78, 5) is 51.7. The number of anilines is 1. The molecular formula is C23H16FN5O6. The van der Waals surface area contributed by atoms with E-state index in [0.717, 1.165) is 6.20 Å². The normalized spacial score (nSPS) is 14.1. The largest absolute Gasteiger partial charge is 0.439 e. The number of benzene rings is 2. The minimum Gasteiger partial charge on any atom is -0.439 e. The molecule has 2 N–H and O–H groups in total. The quantitative estimate of drug-likeness (QED) is 0.230. The molecule has 3 aromatic rings. The molecule has 0 spiro atoms. The standard InChI is InChI=1S/C23H16FN5O6/c24-17-3-1-2-4-18(17)26-20(30)13-28-22(31)19(27-23(28)32)11-14-5-8-16(9-6-14)35-21-10-7-15(12-25-21)29(33)34/h1-12H,13H2,(H,26,30)(H,27,32)/b19-11+. The number of nitro groups is 1. The van der Waals surface area contributed by atoms with Crippen molar-refractivity contribution in [3.63, 3.8) is 0 Å². The Hall–Kier alpha value is -5.13. The van der Waals surface area contributed by atoms with Gasteiger partial charge >= 0.3 is 6.03 Å². The Balaban J connectivity index is 1.39. The highest BCUT2D eigenvalue weighted by atomic mass is 19.1. The Morgan fingerprint density at radius 3 is 2.54 bits per heavy atom. The predicted octanol–water partition coefficient (Wildman–Crippen LogP) is 3.45. The lowest BCUT2D eigenvalue weighted by atomic mass is 10.2. The third-order valence-corrected chi connectivity index (χ3v) is 4.76. The summed E-state index contributed by atoms with van der Waals surface area (Å²) in [5.41, 5.74) is 0.280. The molecule has 1 aliphatic rings. The zero-order valence-corrected chi connectivity index (χ0v) is 17.8. The van der Waals surface area contributed by atoms with E-state index >= 15 is 0 Å². The summed E-state index contributed by atoms with van der Waals surface area (Å²) in [6, 6.07) is 13.7. The van der Waals surface area contributed by atoms with Crippen molar-refractivity contribution in [3.05, 3.63) is 94.1 Å². The number of ether oxygens (including phenoxy) is 1. The number of imide groups is 1. The molecule has 1 saturated heterocycles. The van der Waals surface area contributed by atoms with Crippen molar-refractivity contribution < 1.29 is 28.4 Å². The molecule has 0 saturated carbocycles. The van der Waals surface area contributed by atoms with E-state index in [1.165, 1.54) is 42.5 Å². The molecule has 12 heteroatoms. The number of urea groups is 1. The summed E-state index contributed by atoms with van der Waals surface area (Å²) in [6.07, 6.45) is 2.49. The van der Waals surface area contributed by atoms with Crippen molar-refractivity contribution >= 4 is 35.3 Å². The van der Waals surface area contributed by atoms with Crippen LogP contribution >= 0.6 is 0 Å². The van der Waals surface area contributed by atoms with Crippen LogP contribution in [0.5, 0.6) is 11.6 Å². The van der Waals surface area contributed by atoms with Gasteiger partial charge in [0, 0.05) is 12.1 Å². The molecule has 2 heterocycles. The second-order valence-electron chi connectivity index (χ2n) is 7.19. The van der Waals surface area contributed by atoms with Crippen molar-refractivity contribution in [2.75, 3.05) is 11.9 Å². The second-order valence-corrected chi connectivity index (χ2v) is 7.19. The smallest absolute Gasteiger partial charge is 0.329 e. The van der Waals surface area contributed by atoms with E-state index in [9.17, 15) is 28.9 Å². The maximum atomic E-state index is 13.7. The number of hydrogen-bond donors (Lipinski definition) is 2. The van der Waals surface area contributed by atoms with Crippen LogP contribution < -0.4 is 15.4 Å². The fraction of sp³-hybridized carbons (Fsp3) is 0.0435. The Labute approximate surface area is 197 Å². The van der Waals surface area contributed by atoms with E-state index in [-0.39, 0.29) is 23.0 Å². The number of rotatable bonds is 7. The van der Waals surface area contributed by atoms with Gasteiger partial charge in [-0.15, -0.1) is 0 Å². The van der Waals surface area contributed by atoms with Gasteiger partial charge in [0.05, 0.1) is 10.6 Å². The van der Waals surface area contributed by atoms with Gasteiger partial charge in [-0.25, -0.2) is 19.1 Å². The molecule has 0 unspecified atom stereocenters. The van der Waals surface area contributed by atoms with Crippen LogP contribution in [0, 0.1) is 15.9 Å². The van der Waals surface area contributed by atoms with Crippen LogP contribution in [0.3, 0.4) is 0 Å². The van der Waals surface area contributed by atoms with Crippen LogP contribution in [0.25, 0.3) is 6.08 Å². The molecule has 1 aromatic heterocycles. The van der Waals surface area contributed by atoms with Crippen molar-refractivity contribution in [1.29, 1.82) is 0 Å². The molecule has 0 atom stereocenters. The van der Waals surface area contributed by atoms with Gasteiger partial charge < -0.3 is 15.4 Å². The Morgan fingerprint density at radius 2 is 1.89 bits per heavy atom. The molecule has 0 bridgehead atoms. The molecule has 2 aromatic carbocycles. The SMILES string of the molecule is O=C(CN1C(=O)N/C(=C/c2ccc(Oc3ccc([N+](=O)[O-])cn3)cc2)C1=O)Nc1ccccc1F. The van der Waals surface area contributed by atoms with Crippen molar-refractivity contribution in [1.82, 2.24) is 15.2 Å². The molecular weight excluding hydrogens is 461 g/mol. The number of aromatic nitrogens is 1. The average Bonchev–Trinajstić information content (AvgIpc) is 3.09. The molecule has 1 aliphatic heterocycles. The highest BCUT2D eigenvalue weighted by molar-refractivity contribution is 6.15. The first kappa shape index (κ1) is 23.0. The van der Waals surface area contributed by atoms with E-state index in [1.54, 1.807) is 24.3 Å². The number of para-hydroxylation sites is 1. The number of hydrogen-bond acceptors (Lipinski definition) is 7. The average molecular weight is 477 g/mol. The fourth-order valence-electron chi connectivity index (χ4n) is 3.07. The third-order valence-electron chi connectivity index (χ3n) is 4.76. The van der Waals surface area contributed by atoms with Crippen LogP contribution in [-0.2, 0) is 9.59 Å². The maximum Gasteiger partial charge on any atom is 0.329 e. The summed E-state index contributed by atoms with van der Waals surface area (Å²) in [5.74, 6) is -1.54. The van der Waals surface area contributed by atoms with E-state index in [4.69, 9.17) is 4.74 Å². The lowest BCUT2D eigenvalue weighted by molar-refractivity contribution is -0.385. The van der Waals surface area contributed by atoms with Gasteiger partial charge in [-0.2, -0.15) is 0 Å². The summed E-state index contributed by atoms with van der Waals surface area (Å²) in [6.45, 7) is -0.592. The molecule has 176 valence electrons. The van der Waals surface area contributed by atoms with Gasteiger partial charge in [-0.05, 0) is 35.9 Å². The molecule has 35 heavy (non-hydrogen) atoms. The first-order chi connectivity index (χ1) is 16.8. The zero-order valence-electron chi connectivity index (χ0n) is 17.8. The number of carbonyl (C=O) groups is 3. The Bertz CT molecular complexity index is 1340. The van der Waals surface area contributed by atoms with Crippen LogP contribution in [0.1, 0.15) is 5.56 Å². The minimum absolute atomic E-state index is 0.0422. The molecule has 4 amide bonds. The van der Waals surface area contributed by atoms with Gasteiger partial charge in [-0.3, -0.25) is 19.7 Å². The van der Waals surface area contributed by atoms with Gasteiger partial charge in [0.1, 0.15) is 30.0 Å². The first-order valence-electron chi connectivity index (χ1n) is 10.1. The van der Waals surface area contributed by atoms with E-state index < -0.39 is 35.1 Å². The summed E-state index contributed by atoms with van der Waals surface area (Å²) >= 11 is 0. The summed E-state index contributed by atoms with van der Waals surface area (Å²) in [5, 5.41) is 15.4. The Morgan fingerprint density at radius 1 is 1.14 bits per heavy atom. The van der Waals surface area contributed by atoms with E-state index in [1.807, 2.05) is 0 Å². The minimum atomic E-state index is -0.783. The Kier molecular flexibility index (Phi) is 6.44. The van der Waals surface area contributed by atoms with E-state index in [2.05, 4.69) is 15.6 Å². The van der Waals surface area contributed by atoms with Crippen molar-refractivity contribution in [2.24, 2.45) is 0 Å². The number of pyridine rings is 1. The first-order valence-corrected chi connectivity index (χ1v) is 10.1. The summed E-state index contributed by atoms with van der Waals surface area (Å²) < 4.78 is 19.2. The van der Waals surface area contributed by atoms with Gasteiger partial charge in [0.2, 0.25) is 11.8 Å². The predicted molar refractivity (Wildman–Crippen MR) is 121 cm³/mol. The van der Waals surface area contributed by atoms with Gasteiger partial charge in [-0.1, -0.05) is 24.3 Å². The number of nitrogens with zero attached hydrogens (tertiary/aromatic N) is 3. The zero-order chi connectivity index (χ0) is 24.9. The second kappa shape index (κ2) is 9.79. The third kappa shape index (κ3) is 5.45. The van der Waals surface area contributed by atoms with Gasteiger partial charge in [0.25, 0.3) is 11.6 Å². The molecule has 0 aliphatic carbocycles. The maximum absolute atomic E-state index is 13.7. The van der Waals surface area contributed by atoms with Gasteiger partial charge in [0.15, 0.2) is 0 Å². The van der Waals surface area contributed by atoms with Crippen molar-refractivity contribution in [3.8, 4) is 11.6 Å². The number of amides is 4. The topological polar surface area (TPSA) is 144 Å². The lowest BCUT2D eigenvalue weighted by Gasteiger charge is -2.12. The summed E-state index contributed by atoms with van der Waals surface area (Å²) in [7, 11) is 0. The lowest BCUT2D eigenvalue weighted by Crippen LogP contribution is -2.38. The monoisotopic (exact) mass is 477 g/mol. The molecule has 11 nitrogen and oxygen atoms in total. The number of nitrogens with one attached hydrogen (secondary N) is 2.